The van der Waals surface area contributed by atoms with Gasteiger partial charge in [-0.1, -0.05) is 11.6 Å². The molecule has 0 aliphatic heterocycles. The molecule has 0 spiro atoms. The van der Waals surface area contributed by atoms with Crippen molar-refractivity contribution in [2.45, 2.75) is 9.79 Å². The summed E-state index contributed by atoms with van der Waals surface area (Å²) >= 11 is 9.63. The Morgan fingerprint density at radius 1 is 1.43 bits per heavy atom. The topological polar surface area (TPSA) is 57.9 Å². The van der Waals surface area contributed by atoms with E-state index in [1.165, 1.54) is 12.1 Å². The molecule has 0 aromatic heterocycles. The summed E-state index contributed by atoms with van der Waals surface area (Å²) in [6, 6.07) is 4.22. The Hall–Kier alpha value is -0.410. The van der Waals surface area contributed by atoms with E-state index in [1.807, 2.05) is 0 Å². The number of nitriles is 1. The van der Waals surface area contributed by atoms with E-state index in [2.05, 4.69) is 12.6 Å². The molecule has 1 rings (SSSR count). The van der Waals surface area contributed by atoms with Crippen molar-refractivity contribution in [1.29, 1.82) is 5.26 Å². The van der Waals surface area contributed by atoms with Crippen LogP contribution in [0, 0.1) is 11.3 Å². The fourth-order valence-electron chi connectivity index (χ4n) is 0.855. The predicted molar refractivity (Wildman–Crippen MR) is 56.5 cm³/mol. The molecular weight excluding hydrogens is 265 g/mol. The Balaban J connectivity index is 3.66. The lowest BCUT2D eigenvalue weighted by atomic mass is 10.2. The summed E-state index contributed by atoms with van der Waals surface area (Å²) in [7, 11) is 1.15. The van der Waals surface area contributed by atoms with Crippen molar-refractivity contribution in [2.24, 2.45) is 0 Å². The monoisotopic (exact) mass is 267 g/mol. The zero-order valence-electron chi connectivity index (χ0n) is 6.53. The van der Waals surface area contributed by atoms with Crippen LogP contribution >= 0.6 is 34.9 Å². The Bertz CT molecular complexity index is 519. The van der Waals surface area contributed by atoms with Gasteiger partial charge in [0.25, 0.3) is 9.05 Å². The molecule has 1 aromatic carbocycles. The molecule has 0 bridgehead atoms. The average Bonchev–Trinajstić information content (AvgIpc) is 2.07. The minimum atomic E-state index is -3.95. The maximum Gasteiger partial charge on any atom is 0.262 e. The van der Waals surface area contributed by atoms with E-state index in [1.54, 1.807) is 6.07 Å². The maximum atomic E-state index is 11.0. The van der Waals surface area contributed by atoms with E-state index < -0.39 is 9.05 Å². The van der Waals surface area contributed by atoms with E-state index in [9.17, 15) is 8.42 Å². The van der Waals surface area contributed by atoms with E-state index in [-0.39, 0.29) is 15.5 Å². The quantitative estimate of drug-likeness (QED) is 0.628. The molecule has 0 saturated carbocycles. The Morgan fingerprint density at radius 3 is 2.43 bits per heavy atom. The smallest absolute Gasteiger partial charge is 0.207 e. The van der Waals surface area contributed by atoms with Crippen molar-refractivity contribution >= 4 is 44.0 Å². The summed E-state index contributed by atoms with van der Waals surface area (Å²) in [6.45, 7) is 0. The van der Waals surface area contributed by atoms with E-state index in [4.69, 9.17) is 27.5 Å². The highest BCUT2D eigenvalue weighted by Gasteiger charge is 2.19. The van der Waals surface area contributed by atoms with Crippen LogP contribution in [0.5, 0.6) is 0 Å². The van der Waals surface area contributed by atoms with Crippen molar-refractivity contribution in [3.05, 3.63) is 22.7 Å². The molecule has 0 saturated heterocycles. The zero-order chi connectivity index (χ0) is 10.9. The van der Waals surface area contributed by atoms with E-state index >= 15 is 0 Å². The average molecular weight is 268 g/mol. The van der Waals surface area contributed by atoms with Crippen LogP contribution in [0.1, 0.15) is 5.56 Å². The van der Waals surface area contributed by atoms with Gasteiger partial charge in [0, 0.05) is 15.6 Å². The van der Waals surface area contributed by atoms with Crippen molar-refractivity contribution in [1.82, 2.24) is 0 Å². The van der Waals surface area contributed by atoms with Crippen LogP contribution in [0.3, 0.4) is 0 Å². The van der Waals surface area contributed by atoms with Gasteiger partial charge in [-0.05, 0) is 12.1 Å². The fourth-order valence-corrected chi connectivity index (χ4v) is 2.31. The third-order valence-corrected chi connectivity index (χ3v) is 3.72. The highest BCUT2D eigenvalue weighted by Crippen LogP contribution is 2.30. The van der Waals surface area contributed by atoms with Crippen LogP contribution < -0.4 is 0 Å². The maximum absolute atomic E-state index is 11.0. The minimum absolute atomic E-state index is 0.0161. The first kappa shape index (κ1) is 11.7. The van der Waals surface area contributed by atoms with Gasteiger partial charge in [0.1, 0.15) is 11.0 Å². The van der Waals surface area contributed by atoms with Gasteiger partial charge in [0.05, 0.1) is 10.6 Å². The lowest BCUT2D eigenvalue weighted by Crippen LogP contribution is -1.96. The van der Waals surface area contributed by atoms with Crippen molar-refractivity contribution in [3.8, 4) is 6.07 Å². The molecule has 1 aromatic rings. The number of nitrogens with zero attached hydrogens (tertiary/aromatic N) is 1. The molecule has 74 valence electrons. The number of rotatable bonds is 1. The third-order valence-electron chi connectivity index (χ3n) is 1.46. The zero-order valence-corrected chi connectivity index (χ0v) is 9.75. The number of hydrogen-bond donors (Lipinski definition) is 1. The highest BCUT2D eigenvalue weighted by atomic mass is 35.7. The van der Waals surface area contributed by atoms with Crippen molar-refractivity contribution in [3.63, 3.8) is 0 Å². The molecular formula is C7H3Cl2NO2S2. The van der Waals surface area contributed by atoms with Gasteiger partial charge in [-0.2, -0.15) is 5.26 Å². The second-order valence-electron chi connectivity index (χ2n) is 2.32. The molecule has 0 aliphatic carbocycles. The highest BCUT2D eigenvalue weighted by molar-refractivity contribution is 8.13. The summed E-state index contributed by atoms with van der Waals surface area (Å²) in [5, 5.41) is 8.68. The minimum Gasteiger partial charge on any atom is -0.207 e. The van der Waals surface area contributed by atoms with Gasteiger partial charge in [-0.25, -0.2) is 8.42 Å². The number of hydrogen-bond acceptors (Lipinski definition) is 4. The molecule has 0 N–H and O–H groups in total. The molecule has 0 unspecified atom stereocenters. The molecule has 0 fully saturated rings. The summed E-state index contributed by atoms with van der Waals surface area (Å²) in [5.74, 6) is 0. The van der Waals surface area contributed by atoms with Gasteiger partial charge >= 0.3 is 0 Å². The van der Waals surface area contributed by atoms with Crippen LogP contribution in [0.15, 0.2) is 21.9 Å². The largest absolute Gasteiger partial charge is 0.262 e. The summed E-state index contributed by atoms with van der Waals surface area (Å²) in [5.41, 5.74) is -0.186. The van der Waals surface area contributed by atoms with E-state index in [0.717, 1.165) is 0 Å². The van der Waals surface area contributed by atoms with Crippen LogP contribution in [0.2, 0.25) is 5.02 Å². The molecule has 7 heteroatoms. The number of benzene rings is 1. The lowest BCUT2D eigenvalue weighted by Gasteiger charge is -2.03. The van der Waals surface area contributed by atoms with E-state index in [0.29, 0.717) is 4.90 Å². The van der Waals surface area contributed by atoms with Gasteiger partial charge in [-0.3, -0.25) is 0 Å². The van der Waals surface area contributed by atoms with Crippen molar-refractivity contribution in [2.75, 3.05) is 0 Å². The summed E-state index contributed by atoms with van der Waals surface area (Å²) in [4.78, 5) is 0.0248. The van der Waals surface area contributed by atoms with Crippen LogP contribution in [0.4, 0.5) is 0 Å². The second-order valence-corrected chi connectivity index (χ2v) is 5.72. The lowest BCUT2D eigenvalue weighted by molar-refractivity contribution is 0.609. The normalized spacial score (nSPS) is 11.0. The molecule has 14 heavy (non-hydrogen) atoms. The molecule has 0 heterocycles. The van der Waals surface area contributed by atoms with Gasteiger partial charge in [0.2, 0.25) is 0 Å². The first-order chi connectivity index (χ1) is 6.38. The standard InChI is InChI=1S/C7H3Cl2NO2S2/c8-7-4(3-10)6(14(9,11)12)2-1-5(7)13/h1-2,13H. The van der Waals surface area contributed by atoms with Gasteiger partial charge in [-0.15, -0.1) is 12.6 Å². The SMILES string of the molecule is N#Cc1c(S(=O)(=O)Cl)ccc(S)c1Cl. The van der Waals surface area contributed by atoms with Crippen LogP contribution in [-0.4, -0.2) is 8.42 Å². The van der Waals surface area contributed by atoms with Gasteiger partial charge < -0.3 is 0 Å². The molecule has 0 atom stereocenters. The number of halogens is 2. The summed E-state index contributed by atoms with van der Waals surface area (Å²) in [6.07, 6.45) is 0. The Labute approximate surface area is 96.1 Å². The molecule has 0 amide bonds. The van der Waals surface area contributed by atoms with Gasteiger partial charge in [0.15, 0.2) is 0 Å². The predicted octanol–water partition coefficient (Wildman–Crippen LogP) is 2.43. The first-order valence-corrected chi connectivity index (χ1v) is 6.37. The second kappa shape index (κ2) is 3.99. The Morgan fingerprint density at radius 2 is 2.00 bits per heavy atom. The van der Waals surface area contributed by atoms with Crippen LogP contribution in [0.25, 0.3) is 0 Å². The van der Waals surface area contributed by atoms with Crippen LogP contribution in [-0.2, 0) is 9.05 Å². The molecule has 0 radical (unpaired) electrons. The summed E-state index contributed by atoms with van der Waals surface area (Å²) < 4.78 is 22.0. The number of thiol groups is 1. The molecule has 3 nitrogen and oxygen atoms in total. The van der Waals surface area contributed by atoms with Crippen molar-refractivity contribution < 1.29 is 8.42 Å². The third kappa shape index (κ3) is 2.15. The fraction of sp³-hybridized carbons (Fsp3) is 0. The molecule has 0 aliphatic rings. The Kier molecular flexibility index (Phi) is 3.32. The first-order valence-electron chi connectivity index (χ1n) is 3.24.